The number of hydrogen-bond donors (Lipinski definition) is 2. The van der Waals surface area contributed by atoms with Gasteiger partial charge in [0.15, 0.2) is 5.75 Å². The smallest absolute Gasteiger partial charge is 0.225 e. The lowest BCUT2D eigenvalue weighted by Gasteiger charge is -2.08. The van der Waals surface area contributed by atoms with Crippen LogP contribution in [0.2, 0.25) is 0 Å². The van der Waals surface area contributed by atoms with Crippen molar-refractivity contribution in [3.63, 3.8) is 0 Å². The van der Waals surface area contributed by atoms with E-state index in [1.807, 2.05) is 0 Å². The lowest BCUT2D eigenvalue weighted by molar-refractivity contribution is 0.324. The van der Waals surface area contributed by atoms with Crippen LogP contribution in [0.4, 0.5) is 5.69 Å². The first-order valence-electron chi connectivity index (χ1n) is 4.87. The average molecular weight is 255 g/mol. The Hall–Kier alpha value is -1.78. The fourth-order valence-corrected chi connectivity index (χ4v) is 1.77. The molecule has 0 unspecified atom stereocenters. The summed E-state index contributed by atoms with van der Waals surface area (Å²) in [5, 5.41) is 8.26. The van der Waals surface area contributed by atoms with E-state index in [4.69, 9.17) is 15.7 Å². The third kappa shape index (κ3) is 4.72. The predicted octanol–water partition coefficient (Wildman–Crippen LogP) is 0.0906. The SMILES string of the molecule is N#CCS(=O)(=O)NCCOc1ccccc1N. The Bertz CT molecular complexity index is 508. The highest BCUT2D eigenvalue weighted by Gasteiger charge is 2.08. The molecule has 0 aliphatic carbocycles. The third-order valence-electron chi connectivity index (χ3n) is 1.86. The van der Waals surface area contributed by atoms with Crippen molar-refractivity contribution in [2.75, 3.05) is 24.6 Å². The van der Waals surface area contributed by atoms with Crippen LogP contribution in [-0.4, -0.2) is 27.3 Å². The summed E-state index contributed by atoms with van der Waals surface area (Å²) in [5.74, 6) is -0.0486. The Balaban J connectivity index is 2.35. The number of nitrogens with two attached hydrogens (primary N) is 1. The first-order chi connectivity index (χ1) is 8.05. The van der Waals surface area contributed by atoms with Crippen molar-refractivity contribution in [2.24, 2.45) is 0 Å². The monoisotopic (exact) mass is 255 g/mol. The van der Waals surface area contributed by atoms with Crippen LogP contribution in [0, 0.1) is 11.3 Å². The molecule has 1 aromatic rings. The number of ether oxygens (including phenoxy) is 1. The molecule has 1 rings (SSSR count). The zero-order chi connectivity index (χ0) is 12.7. The van der Waals surface area contributed by atoms with Gasteiger partial charge >= 0.3 is 0 Å². The molecular formula is C10H13N3O3S. The normalized spacial score (nSPS) is 10.8. The van der Waals surface area contributed by atoms with Gasteiger partial charge in [-0.25, -0.2) is 13.1 Å². The Morgan fingerprint density at radius 1 is 1.41 bits per heavy atom. The third-order valence-corrected chi connectivity index (χ3v) is 3.01. The van der Waals surface area contributed by atoms with Crippen molar-refractivity contribution in [2.45, 2.75) is 0 Å². The van der Waals surface area contributed by atoms with Gasteiger partial charge in [-0.05, 0) is 12.1 Å². The van der Waals surface area contributed by atoms with E-state index in [2.05, 4.69) is 4.72 Å². The molecule has 0 heterocycles. The highest BCUT2D eigenvalue weighted by molar-refractivity contribution is 7.89. The number of benzene rings is 1. The van der Waals surface area contributed by atoms with E-state index in [0.717, 1.165) is 0 Å². The van der Waals surface area contributed by atoms with E-state index in [9.17, 15) is 8.42 Å². The van der Waals surface area contributed by atoms with Crippen LogP contribution in [0.15, 0.2) is 24.3 Å². The fourth-order valence-electron chi connectivity index (χ4n) is 1.11. The highest BCUT2D eigenvalue weighted by atomic mass is 32.2. The van der Waals surface area contributed by atoms with E-state index in [1.54, 1.807) is 30.3 Å². The first kappa shape index (κ1) is 13.3. The standard InChI is InChI=1S/C10H13N3O3S/c11-5-8-17(14,15)13-6-7-16-10-4-2-1-3-9(10)12/h1-4,13H,6-8,12H2. The molecule has 7 heteroatoms. The van der Waals surface area contributed by atoms with Crippen LogP contribution in [-0.2, 0) is 10.0 Å². The van der Waals surface area contributed by atoms with Gasteiger partial charge < -0.3 is 10.5 Å². The van der Waals surface area contributed by atoms with Crippen LogP contribution < -0.4 is 15.2 Å². The summed E-state index contributed by atoms with van der Waals surface area (Å²) in [6.45, 7) is 0.247. The van der Waals surface area contributed by atoms with E-state index < -0.39 is 15.8 Å². The summed E-state index contributed by atoms with van der Waals surface area (Å²) in [6, 6.07) is 8.49. The van der Waals surface area contributed by atoms with Crippen molar-refractivity contribution in [1.29, 1.82) is 5.26 Å². The second-order valence-electron chi connectivity index (χ2n) is 3.20. The number of hydrogen-bond acceptors (Lipinski definition) is 5. The van der Waals surface area contributed by atoms with Gasteiger partial charge in [-0.2, -0.15) is 5.26 Å². The van der Waals surface area contributed by atoms with Crippen LogP contribution >= 0.6 is 0 Å². The quantitative estimate of drug-likeness (QED) is 0.553. The molecule has 3 N–H and O–H groups in total. The number of anilines is 1. The molecule has 0 saturated carbocycles. The molecule has 0 atom stereocenters. The molecule has 0 aliphatic rings. The van der Waals surface area contributed by atoms with E-state index in [1.165, 1.54) is 0 Å². The molecular weight excluding hydrogens is 242 g/mol. The Morgan fingerprint density at radius 2 is 2.12 bits per heavy atom. The molecule has 1 aromatic carbocycles. The van der Waals surface area contributed by atoms with Crippen LogP contribution in [0.5, 0.6) is 5.75 Å². The summed E-state index contributed by atoms with van der Waals surface area (Å²) in [7, 11) is -3.52. The van der Waals surface area contributed by atoms with Gasteiger partial charge in [0, 0.05) is 6.54 Å². The van der Waals surface area contributed by atoms with Gasteiger partial charge in [0.25, 0.3) is 0 Å². The average Bonchev–Trinajstić information content (AvgIpc) is 2.26. The predicted molar refractivity (Wildman–Crippen MR) is 63.8 cm³/mol. The number of sulfonamides is 1. The molecule has 17 heavy (non-hydrogen) atoms. The van der Waals surface area contributed by atoms with Gasteiger partial charge in [0.2, 0.25) is 10.0 Å². The molecule has 0 amide bonds. The van der Waals surface area contributed by atoms with Gasteiger partial charge in [-0.3, -0.25) is 0 Å². The van der Waals surface area contributed by atoms with Crippen molar-refractivity contribution in [1.82, 2.24) is 4.72 Å². The number of nitrogens with one attached hydrogen (secondary N) is 1. The Labute approximate surface area is 100 Å². The van der Waals surface area contributed by atoms with E-state index >= 15 is 0 Å². The lowest BCUT2D eigenvalue weighted by atomic mass is 10.3. The second-order valence-corrected chi connectivity index (χ2v) is 5.00. The first-order valence-corrected chi connectivity index (χ1v) is 6.52. The molecule has 0 aliphatic heterocycles. The van der Waals surface area contributed by atoms with Crippen LogP contribution in [0.1, 0.15) is 0 Å². The molecule has 0 saturated heterocycles. The van der Waals surface area contributed by atoms with Crippen molar-refractivity contribution < 1.29 is 13.2 Å². The van der Waals surface area contributed by atoms with Gasteiger partial charge in [-0.1, -0.05) is 12.1 Å². The molecule has 0 bridgehead atoms. The molecule has 6 nitrogen and oxygen atoms in total. The van der Waals surface area contributed by atoms with Crippen LogP contribution in [0.3, 0.4) is 0 Å². The summed E-state index contributed by atoms with van der Waals surface area (Å²) in [4.78, 5) is 0. The van der Waals surface area contributed by atoms with E-state index in [0.29, 0.717) is 11.4 Å². The minimum absolute atomic E-state index is 0.0956. The summed E-state index contributed by atoms with van der Waals surface area (Å²) in [5.41, 5.74) is 6.12. The van der Waals surface area contributed by atoms with Crippen molar-refractivity contribution in [3.05, 3.63) is 24.3 Å². The van der Waals surface area contributed by atoms with Gasteiger partial charge in [0.05, 0.1) is 11.8 Å². The minimum atomic E-state index is -3.52. The maximum absolute atomic E-state index is 11.1. The Morgan fingerprint density at radius 3 is 2.76 bits per heavy atom. The minimum Gasteiger partial charge on any atom is -0.490 e. The number of nitriles is 1. The Kier molecular flexibility index (Phi) is 4.75. The summed E-state index contributed by atoms with van der Waals surface area (Å²) < 4.78 is 29.7. The van der Waals surface area contributed by atoms with E-state index in [-0.39, 0.29) is 13.2 Å². The summed E-state index contributed by atoms with van der Waals surface area (Å²) >= 11 is 0. The van der Waals surface area contributed by atoms with Gasteiger partial charge in [0.1, 0.15) is 12.4 Å². The number of nitrogens with zero attached hydrogens (tertiary/aromatic N) is 1. The second kappa shape index (κ2) is 6.08. The zero-order valence-electron chi connectivity index (χ0n) is 9.09. The summed E-state index contributed by atoms with van der Waals surface area (Å²) in [6.07, 6.45) is 0. The van der Waals surface area contributed by atoms with Crippen LogP contribution in [0.25, 0.3) is 0 Å². The fraction of sp³-hybridized carbons (Fsp3) is 0.300. The number of rotatable bonds is 6. The largest absolute Gasteiger partial charge is 0.490 e. The van der Waals surface area contributed by atoms with Crippen molar-refractivity contribution in [3.8, 4) is 11.8 Å². The maximum Gasteiger partial charge on any atom is 0.225 e. The maximum atomic E-state index is 11.1. The topological polar surface area (TPSA) is 105 Å². The molecule has 0 radical (unpaired) electrons. The van der Waals surface area contributed by atoms with Crippen molar-refractivity contribution >= 4 is 15.7 Å². The molecule has 92 valence electrons. The number of nitrogen functional groups attached to an aromatic ring is 1. The lowest BCUT2D eigenvalue weighted by Crippen LogP contribution is -2.29. The van der Waals surface area contributed by atoms with Gasteiger partial charge in [-0.15, -0.1) is 0 Å². The molecule has 0 spiro atoms. The zero-order valence-corrected chi connectivity index (χ0v) is 9.90. The number of para-hydroxylation sites is 2. The highest BCUT2D eigenvalue weighted by Crippen LogP contribution is 2.19. The molecule has 0 aromatic heterocycles. The molecule has 0 fully saturated rings.